The number of hydrogen-bond acceptors (Lipinski definition) is 3. The fourth-order valence-corrected chi connectivity index (χ4v) is 2.50. The summed E-state index contributed by atoms with van der Waals surface area (Å²) in [6.45, 7) is 0. The highest BCUT2D eigenvalue weighted by Crippen LogP contribution is 2.24. The third-order valence-electron chi connectivity index (χ3n) is 3.50. The lowest BCUT2D eigenvalue weighted by Gasteiger charge is -2.20. The molecule has 1 fully saturated rings. The first-order valence-corrected chi connectivity index (χ1v) is 6.27. The predicted octanol–water partition coefficient (Wildman–Crippen LogP) is 1.97. The molecule has 0 bridgehead atoms. The Morgan fingerprint density at radius 3 is 2.67 bits per heavy atom. The zero-order valence-corrected chi connectivity index (χ0v) is 10.5. The number of rotatable bonds is 5. The summed E-state index contributed by atoms with van der Waals surface area (Å²) in [4.78, 5) is 11.3. The highest BCUT2D eigenvalue weighted by atomic mass is 16.5. The van der Waals surface area contributed by atoms with Crippen LogP contribution in [0, 0.1) is 0 Å². The quantitative estimate of drug-likeness (QED) is 0.837. The molecule has 1 aromatic rings. The van der Waals surface area contributed by atoms with Crippen LogP contribution in [0.15, 0.2) is 30.3 Å². The number of methoxy groups -OCH3 is 1. The molecule has 0 aliphatic heterocycles. The van der Waals surface area contributed by atoms with Crippen molar-refractivity contribution in [1.29, 1.82) is 0 Å². The summed E-state index contributed by atoms with van der Waals surface area (Å²) in [6.07, 6.45) is 3.10. The van der Waals surface area contributed by atoms with Gasteiger partial charge in [-0.1, -0.05) is 30.3 Å². The molecule has 0 heterocycles. The monoisotopic (exact) mass is 249 g/mol. The smallest absolute Gasteiger partial charge is 0.325 e. The molecule has 2 rings (SSSR count). The van der Waals surface area contributed by atoms with Crippen molar-refractivity contribution in [2.45, 2.75) is 37.5 Å². The summed E-state index contributed by atoms with van der Waals surface area (Å²) < 4.78 is 5.30. The standard InChI is InChI=1S/C14H19NO3/c1-18-12-8-7-11(9-12)15-13(14(16)17)10-5-3-2-4-6-10/h2-6,11-13,15H,7-9H2,1H3,(H,16,17). The van der Waals surface area contributed by atoms with Crippen LogP contribution in [-0.2, 0) is 9.53 Å². The average Bonchev–Trinajstić information content (AvgIpc) is 2.84. The van der Waals surface area contributed by atoms with E-state index in [1.807, 2.05) is 30.3 Å². The van der Waals surface area contributed by atoms with Crippen molar-refractivity contribution in [1.82, 2.24) is 5.32 Å². The fraction of sp³-hybridized carbons (Fsp3) is 0.500. The Bertz CT molecular complexity index is 393. The van der Waals surface area contributed by atoms with Crippen molar-refractivity contribution in [3.63, 3.8) is 0 Å². The second kappa shape index (κ2) is 5.98. The summed E-state index contributed by atoms with van der Waals surface area (Å²) in [5, 5.41) is 12.5. The molecule has 3 atom stereocenters. The molecule has 1 saturated carbocycles. The minimum Gasteiger partial charge on any atom is -0.480 e. The number of carboxylic acids is 1. The molecular formula is C14H19NO3. The lowest BCUT2D eigenvalue weighted by atomic mass is 10.1. The molecule has 0 radical (unpaired) electrons. The fourth-order valence-electron chi connectivity index (χ4n) is 2.50. The molecule has 4 heteroatoms. The van der Waals surface area contributed by atoms with Crippen LogP contribution in [0.3, 0.4) is 0 Å². The van der Waals surface area contributed by atoms with Crippen molar-refractivity contribution in [2.24, 2.45) is 0 Å². The van der Waals surface area contributed by atoms with Crippen LogP contribution in [0.1, 0.15) is 30.9 Å². The van der Waals surface area contributed by atoms with Gasteiger partial charge in [0.25, 0.3) is 0 Å². The molecule has 0 saturated heterocycles. The number of carbonyl (C=O) groups is 1. The Kier molecular flexibility index (Phi) is 4.33. The third-order valence-corrected chi connectivity index (χ3v) is 3.50. The van der Waals surface area contributed by atoms with E-state index < -0.39 is 12.0 Å². The molecule has 1 aliphatic rings. The second-order valence-corrected chi connectivity index (χ2v) is 4.72. The Labute approximate surface area is 107 Å². The van der Waals surface area contributed by atoms with E-state index in [2.05, 4.69) is 5.32 Å². The van der Waals surface area contributed by atoms with E-state index in [-0.39, 0.29) is 12.1 Å². The van der Waals surface area contributed by atoms with Crippen molar-refractivity contribution in [3.8, 4) is 0 Å². The van der Waals surface area contributed by atoms with Gasteiger partial charge in [-0.15, -0.1) is 0 Å². The van der Waals surface area contributed by atoms with E-state index in [1.54, 1.807) is 7.11 Å². The first-order valence-electron chi connectivity index (χ1n) is 6.27. The summed E-state index contributed by atoms with van der Waals surface area (Å²) in [6, 6.07) is 8.88. The van der Waals surface area contributed by atoms with Gasteiger partial charge in [0.15, 0.2) is 0 Å². The van der Waals surface area contributed by atoms with Crippen LogP contribution in [-0.4, -0.2) is 30.3 Å². The van der Waals surface area contributed by atoms with E-state index in [0.717, 1.165) is 24.8 Å². The molecule has 0 aromatic heterocycles. The van der Waals surface area contributed by atoms with Crippen LogP contribution in [0.25, 0.3) is 0 Å². The second-order valence-electron chi connectivity index (χ2n) is 4.72. The van der Waals surface area contributed by atoms with E-state index in [4.69, 9.17) is 4.74 Å². The van der Waals surface area contributed by atoms with Gasteiger partial charge in [-0.25, -0.2) is 0 Å². The minimum atomic E-state index is -0.831. The van der Waals surface area contributed by atoms with Gasteiger partial charge in [0, 0.05) is 13.2 Å². The Morgan fingerprint density at radius 2 is 2.11 bits per heavy atom. The molecule has 18 heavy (non-hydrogen) atoms. The molecule has 3 unspecified atom stereocenters. The van der Waals surface area contributed by atoms with E-state index >= 15 is 0 Å². The number of benzene rings is 1. The van der Waals surface area contributed by atoms with Crippen LogP contribution in [0.2, 0.25) is 0 Å². The minimum absolute atomic E-state index is 0.219. The van der Waals surface area contributed by atoms with Crippen molar-refractivity contribution < 1.29 is 14.6 Å². The molecule has 2 N–H and O–H groups in total. The predicted molar refractivity (Wildman–Crippen MR) is 68.4 cm³/mol. The lowest BCUT2D eigenvalue weighted by molar-refractivity contribution is -0.139. The van der Waals surface area contributed by atoms with Gasteiger partial charge in [-0.05, 0) is 24.8 Å². The molecule has 98 valence electrons. The van der Waals surface area contributed by atoms with Crippen molar-refractivity contribution in [2.75, 3.05) is 7.11 Å². The highest BCUT2D eigenvalue weighted by Gasteiger charge is 2.29. The SMILES string of the molecule is COC1CCC(NC(C(=O)O)c2ccccc2)C1. The number of carboxylic acid groups (broad SMARTS) is 1. The maximum absolute atomic E-state index is 11.3. The van der Waals surface area contributed by atoms with Crippen molar-refractivity contribution in [3.05, 3.63) is 35.9 Å². The van der Waals surface area contributed by atoms with Gasteiger partial charge in [-0.3, -0.25) is 10.1 Å². The van der Waals surface area contributed by atoms with Gasteiger partial charge in [-0.2, -0.15) is 0 Å². The summed E-state index contributed by atoms with van der Waals surface area (Å²) in [5.41, 5.74) is 0.797. The van der Waals surface area contributed by atoms with E-state index in [0.29, 0.717) is 0 Å². The molecule has 1 aliphatic carbocycles. The first kappa shape index (κ1) is 13.1. The number of hydrogen-bond donors (Lipinski definition) is 2. The molecule has 4 nitrogen and oxygen atoms in total. The van der Waals surface area contributed by atoms with Crippen LogP contribution >= 0.6 is 0 Å². The van der Waals surface area contributed by atoms with E-state index in [1.165, 1.54) is 0 Å². The normalized spacial score (nSPS) is 24.9. The number of nitrogens with one attached hydrogen (secondary N) is 1. The van der Waals surface area contributed by atoms with Gasteiger partial charge >= 0.3 is 5.97 Å². The molecule has 0 amide bonds. The van der Waals surface area contributed by atoms with Gasteiger partial charge in [0.1, 0.15) is 6.04 Å². The summed E-state index contributed by atoms with van der Waals surface area (Å²) in [5.74, 6) is -0.831. The van der Waals surface area contributed by atoms with E-state index in [9.17, 15) is 9.90 Å². The third kappa shape index (κ3) is 3.09. The van der Waals surface area contributed by atoms with Crippen LogP contribution in [0.5, 0.6) is 0 Å². The average molecular weight is 249 g/mol. The Morgan fingerprint density at radius 1 is 1.39 bits per heavy atom. The number of ether oxygens (including phenoxy) is 1. The molecule has 0 spiro atoms. The van der Waals surface area contributed by atoms with Crippen LogP contribution < -0.4 is 5.32 Å². The molecule has 1 aromatic carbocycles. The van der Waals surface area contributed by atoms with Crippen LogP contribution in [0.4, 0.5) is 0 Å². The maximum atomic E-state index is 11.3. The topological polar surface area (TPSA) is 58.6 Å². The summed E-state index contributed by atoms with van der Waals surface area (Å²) in [7, 11) is 1.71. The Balaban J connectivity index is 2.02. The zero-order chi connectivity index (χ0) is 13.0. The van der Waals surface area contributed by atoms with Gasteiger partial charge in [0.2, 0.25) is 0 Å². The highest BCUT2D eigenvalue weighted by molar-refractivity contribution is 5.75. The van der Waals surface area contributed by atoms with Gasteiger partial charge in [0.05, 0.1) is 6.10 Å². The number of aliphatic carboxylic acids is 1. The molecular weight excluding hydrogens is 230 g/mol. The maximum Gasteiger partial charge on any atom is 0.325 e. The Hall–Kier alpha value is -1.39. The largest absolute Gasteiger partial charge is 0.480 e. The lowest BCUT2D eigenvalue weighted by Crippen LogP contribution is -2.36. The van der Waals surface area contributed by atoms with Gasteiger partial charge < -0.3 is 9.84 Å². The first-order chi connectivity index (χ1) is 8.70. The zero-order valence-electron chi connectivity index (χ0n) is 10.5. The summed E-state index contributed by atoms with van der Waals surface area (Å²) >= 11 is 0. The van der Waals surface area contributed by atoms with Crippen molar-refractivity contribution >= 4 is 5.97 Å².